The van der Waals surface area contributed by atoms with E-state index >= 15 is 0 Å². The number of rotatable bonds is 6. The summed E-state index contributed by atoms with van der Waals surface area (Å²) < 4.78 is 23.0. The van der Waals surface area contributed by atoms with Crippen molar-refractivity contribution in [2.45, 2.75) is 24.3 Å². The first-order valence-electron chi connectivity index (χ1n) is 7.74. The summed E-state index contributed by atoms with van der Waals surface area (Å²) in [5.41, 5.74) is 1.84. The van der Waals surface area contributed by atoms with Crippen LogP contribution in [0.2, 0.25) is 0 Å². The highest BCUT2D eigenvalue weighted by atomic mass is 32.2. The third kappa shape index (κ3) is 5.06. The van der Waals surface area contributed by atoms with Gasteiger partial charge in [-0.2, -0.15) is 0 Å². The monoisotopic (exact) mass is 343 g/mol. The zero-order valence-electron chi connectivity index (χ0n) is 13.8. The Labute approximate surface area is 143 Å². The molecule has 0 aliphatic rings. The van der Waals surface area contributed by atoms with Crippen molar-refractivity contribution in [1.82, 2.24) is 5.32 Å². The number of carbonyl (C=O) groups is 1. The predicted molar refractivity (Wildman–Crippen MR) is 96.2 cm³/mol. The molecule has 1 amide bonds. The van der Waals surface area contributed by atoms with E-state index in [0.717, 1.165) is 11.1 Å². The van der Waals surface area contributed by atoms with Crippen LogP contribution in [0, 0.1) is 0 Å². The topological polar surface area (TPSA) is 63.2 Å². The lowest BCUT2D eigenvalue weighted by molar-refractivity contribution is -0.117. The van der Waals surface area contributed by atoms with Gasteiger partial charge in [-0.3, -0.25) is 4.79 Å². The molecule has 0 heterocycles. The molecule has 0 spiro atoms. The standard InChI is InChI=1S/C19H21NO3S/c1-3-18(16-10-12-17(13-11-16)24(2,22)23)20-19(21)14-9-15-7-5-4-6-8-15/h4-14,18H,3H2,1-2H3,(H,20,21)/b14-9+. The van der Waals surface area contributed by atoms with E-state index < -0.39 is 9.84 Å². The Balaban J connectivity index is 2.06. The highest BCUT2D eigenvalue weighted by Gasteiger charge is 2.13. The first kappa shape index (κ1) is 17.9. The van der Waals surface area contributed by atoms with Gasteiger partial charge < -0.3 is 5.32 Å². The van der Waals surface area contributed by atoms with Crippen LogP contribution in [0.15, 0.2) is 65.6 Å². The van der Waals surface area contributed by atoms with Crippen LogP contribution in [0.4, 0.5) is 0 Å². The summed E-state index contributed by atoms with van der Waals surface area (Å²) in [7, 11) is -3.21. The summed E-state index contributed by atoms with van der Waals surface area (Å²) in [6.45, 7) is 1.97. The van der Waals surface area contributed by atoms with Crippen molar-refractivity contribution >= 4 is 21.8 Å². The molecule has 126 valence electrons. The lowest BCUT2D eigenvalue weighted by Gasteiger charge is -2.16. The SMILES string of the molecule is CCC(NC(=O)/C=C/c1ccccc1)c1ccc(S(C)(=O)=O)cc1. The minimum atomic E-state index is -3.21. The van der Waals surface area contributed by atoms with Crippen LogP contribution in [-0.2, 0) is 14.6 Å². The van der Waals surface area contributed by atoms with Crippen molar-refractivity contribution < 1.29 is 13.2 Å². The predicted octanol–water partition coefficient (Wildman–Crippen LogP) is 3.37. The zero-order valence-corrected chi connectivity index (χ0v) is 14.6. The van der Waals surface area contributed by atoms with Gasteiger partial charge in [-0.25, -0.2) is 8.42 Å². The maximum absolute atomic E-state index is 12.1. The molecule has 0 radical (unpaired) electrons. The van der Waals surface area contributed by atoms with Gasteiger partial charge in [0.25, 0.3) is 0 Å². The minimum Gasteiger partial charge on any atom is -0.346 e. The van der Waals surface area contributed by atoms with Crippen molar-refractivity contribution in [3.63, 3.8) is 0 Å². The van der Waals surface area contributed by atoms with Crippen LogP contribution >= 0.6 is 0 Å². The number of sulfone groups is 1. The van der Waals surface area contributed by atoms with Crippen LogP contribution in [0.3, 0.4) is 0 Å². The van der Waals surface area contributed by atoms with Crippen molar-refractivity contribution in [1.29, 1.82) is 0 Å². The maximum atomic E-state index is 12.1. The molecule has 24 heavy (non-hydrogen) atoms. The molecule has 0 fully saturated rings. The lowest BCUT2D eigenvalue weighted by atomic mass is 10.0. The fraction of sp³-hybridized carbons (Fsp3) is 0.211. The Hall–Kier alpha value is -2.40. The average Bonchev–Trinajstić information content (AvgIpc) is 2.58. The molecule has 2 aromatic carbocycles. The Kier molecular flexibility index (Phi) is 5.93. The molecule has 0 saturated heterocycles. The van der Waals surface area contributed by atoms with E-state index in [1.807, 2.05) is 37.3 Å². The third-order valence-electron chi connectivity index (χ3n) is 3.66. The molecule has 2 rings (SSSR count). The van der Waals surface area contributed by atoms with Gasteiger partial charge in [0, 0.05) is 12.3 Å². The van der Waals surface area contributed by atoms with Gasteiger partial charge in [-0.05, 0) is 35.8 Å². The molecule has 1 unspecified atom stereocenters. The molecule has 0 aliphatic heterocycles. The Morgan fingerprint density at radius 2 is 1.71 bits per heavy atom. The van der Waals surface area contributed by atoms with Gasteiger partial charge >= 0.3 is 0 Å². The summed E-state index contributed by atoms with van der Waals surface area (Å²) in [5.74, 6) is -0.183. The van der Waals surface area contributed by atoms with E-state index in [4.69, 9.17) is 0 Å². The number of hydrogen-bond acceptors (Lipinski definition) is 3. The summed E-state index contributed by atoms with van der Waals surface area (Å²) in [4.78, 5) is 12.4. The fourth-order valence-electron chi connectivity index (χ4n) is 2.32. The maximum Gasteiger partial charge on any atom is 0.244 e. The van der Waals surface area contributed by atoms with Crippen LogP contribution in [0.1, 0.15) is 30.5 Å². The molecule has 4 nitrogen and oxygen atoms in total. The van der Waals surface area contributed by atoms with E-state index in [1.54, 1.807) is 30.3 Å². The lowest BCUT2D eigenvalue weighted by Crippen LogP contribution is -2.26. The largest absolute Gasteiger partial charge is 0.346 e. The van der Waals surface area contributed by atoms with Gasteiger partial charge in [-0.15, -0.1) is 0 Å². The van der Waals surface area contributed by atoms with E-state index in [0.29, 0.717) is 6.42 Å². The molecule has 0 aliphatic carbocycles. The number of benzene rings is 2. The van der Waals surface area contributed by atoms with Crippen LogP contribution in [0.25, 0.3) is 6.08 Å². The highest BCUT2D eigenvalue weighted by Crippen LogP contribution is 2.19. The summed E-state index contributed by atoms with van der Waals surface area (Å²) in [5, 5.41) is 2.94. The van der Waals surface area contributed by atoms with Gasteiger partial charge in [0.1, 0.15) is 0 Å². The van der Waals surface area contributed by atoms with Crippen LogP contribution < -0.4 is 5.32 Å². The van der Waals surface area contributed by atoms with Crippen molar-refractivity contribution in [3.8, 4) is 0 Å². The molecular formula is C19H21NO3S. The number of carbonyl (C=O) groups excluding carboxylic acids is 1. The molecule has 1 N–H and O–H groups in total. The fourth-order valence-corrected chi connectivity index (χ4v) is 2.95. The zero-order chi connectivity index (χ0) is 17.6. The van der Waals surface area contributed by atoms with Crippen molar-refractivity contribution in [3.05, 3.63) is 71.8 Å². The summed E-state index contributed by atoms with van der Waals surface area (Å²) >= 11 is 0. The Morgan fingerprint density at radius 3 is 2.25 bits per heavy atom. The van der Waals surface area contributed by atoms with Crippen molar-refractivity contribution in [2.24, 2.45) is 0 Å². The number of hydrogen-bond donors (Lipinski definition) is 1. The minimum absolute atomic E-state index is 0.161. The molecule has 2 aromatic rings. The van der Waals surface area contributed by atoms with E-state index in [9.17, 15) is 13.2 Å². The Bertz CT molecular complexity index is 809. The quantitative estimate of drug-likeness (QED) is 0.818. The first-order valence-corrected chi connectivity index (χ1v) is 9.63. The normalized spacial score (nSPS) is 12.9. The van der Waals surface area contributed by atoms with Crippen LogP contribution in [0.5, 0.6) is 0 Å². The van der Waals surface area contributed by atoms with Gasteiger partial charge in [-0.1, -0.05) is 49.4 Å². The van der Waals surface area contributed by atoms with E-state index in [2.05, 4.69) is 5.32 Å². The number of nitrogens with one attached hydrogen (secondary N) is 1. The van der Waals surface area contributed by atoms with Gasteiger partial charge in [0.2, 0.25) is 5.91 Å². The Morgan fingerprint density at radius 1 is 1.08 bits per heavy atom. The third-order valence-corrected chi connectivity index (χ3v) is 4.79. The van der Waals surface area contributed by atoms with E-state index in [1.165, 1.54) is 12.3 Å². The molecular weight excluding hydrogens is 322 g/mol. The smallest absolute Gasteiger partial charge is 0.244 e. The summed E-state index contributed by atoms with van der Waals surface area (Å²) in [6, 6.07) is 16.0. The average molecular weight is 343 g/mol. The second-order valence-corrected chi connectivity index (χ2v) is 7.57. The molecule has 5 heteroatoms. The molecule has 0 bridgehead atoms. The second kappa shape index (κ2) is 7.93. The summed E-state index contributed by atoms with van der Waals surface area (Å²) in [6.07, 6.45) is 5.15. The molecule has 1 atom stereocenters. The second-order valence-electron chi connectivity index (χ2n) is 5.55. The number of amides is 1. The first-order chi connectivity index (χ1) is 11.4. The van der Waals surface area contributed by atoms with Gasteiger partial charge in [0.05, 0.1) is 10.9 Å². The van der Waals surface area contributed by atoms with Crippen LogP contribution in [-0.4, -0.2) is 20.6 Å². The van der Waals surface area contributed by atoms with Crippen molar-refractivity contribution in [2.75, 3.05) is 6.26 Å². The molecule has 0 aromatic heterocycles. The van der Waals surface area contributed by atoms with Gasteiger partial charge in [0.15, 0.2) is 9.84 Å². The molecule has 0 saturated carbocycles. The van der Waals surface area contributed by atoms with E-state index in [-0.39, 0.29) is 16.8 Å². The highest BCUT2D eigenvalue weighted by molar-refractivity contribution is 7.90.